The number of aromatic amines is 1. The number of hydrogen-bond acceptors (Lipinski definition) is 3. The Morgan fingerprint density at radius 3 is 2.67 bits per heavy atom. The normalized spacial score (nSPS) is 21.0. The van der Waals surface area contributed by atoms with Crippen LogP contribution in [0.25, 0.3) is 0 Å². The molecule has 2 heterocycles. The van der Waals surface area contributed by atoms with E-state index in [4.69, 9.17) is 4.52 Å². The van der Waals surface area contributed by atoms with E-state index in [1.54, 1.807) is 0 Å². The van der Waals surface area contributed by atoms with Gasteiger partial charge in [0.05, 0.1) is 0 Å². The summed E-state index contributed by atoms with van der Waals surface area (Å²) in [5.41, 5.74) is -0.507. The largest absolute Gasteiger partial charge is 0.465 e. The minimum Gasteiger partial charge on any atom is -0.465 e. The number of amides is 1. The minimum absolute atomic E-state index is 0.0735. The molecule has 1 fully saturated rings. The third-order valence-corrected chi connectivity index (χ3v) is 4.41. The highest BCUT2D eigenvalue weighted by molar-refractivity contribution is 5.65. The lowest BCUT2D eigenvalue weighted by Crippen LogP contribution is -2.46. The first-order valence-electron chi connectivity index (χ1n) is 7.56. The lowest BCUT2D eigenvalue weighted by Gasteiger charge is -2.37. The number of H-pyrrole nitrogens is 1. The Hall–Kier alpha value is -2.64. The maximum Gasteiger partial charge on any atom is 0.407 e. The van der Waals surface area contributed by atoms with Crippen LogP contribution in [-0.4, -0.2) is 33.8 Å². The average molecular weight is 338 g/mol. The van der Waals surface area contributed by atoms with Gasteiger partial charge in [0.1, 0.15) is 17.4 Å². The number of rotatable bonds is 3. The van der Waals surface area contributed by atoms with Crippen molar-refractivity contribution in [2.45, 2.75) is 31.2 Å². The fourth-order valence-electron chi connectivity index (χ4n) is 3.22. The van der Waals surface area contributed by atoms with Gasteiger partial charge in [-0.3, -0.25) is 4.79 Å². The lowest BCUT2D eigenvalue weighted by atomic mass is 9.86. The van der Waals surface area contributed by atoms with E-state index in [1.165, 1.54) is 17.0 Å². The van der Waals surface area contributed by atoms with Crippen molar-refractivity contribution in [3.05, 3.63) is 57.6 Å². The first-order chi connectivity index (χ1) is 11.5. The van der Waals surface area contributed by atoms with Gasteiger partial charge in [-0.05, 0) is 31.4 Å². The Morgan fingerprint density at radius 2 is 2.08 bits per heavy atom. The summed E-state index contributed by atoms with van der Waals surface area (Å²) in [4.78, 5) is 23.8. The summed E-state index contributed by atoms with van der Waals surface area (Å²) >= 11 is 0. The van der Waals surface area contributed by atoms with E-state index in [2.05, 4.69) is 5.16 Å². The molecule has 0 bridgehead atoms. The monoisotopic (exact) mass is 338 g/mol. The SMILES string of the molecule is O=C(O)N1CC[C@H](c2cc(=O)[nH]o2)C[C@@H]1Cc1c(F)cccc1F. The van der Waals surface area contributed by atoms with Crippen LogP contribution in [0.15, 0.2) is 33.6 Å². The first-order valence-corrected chi connectivity index (χ1v) is 7.56. The molecule has 0 radical (unpaired) electrons. The second kappa shape index (κ2) is 6.46. The molecule has 1 amide bonds. The molecule has 2 aromatic rings. The number of nitrogens with zero attached hydrogens (tertiary/aromatic N) is 1. The maximum absolute atomic E-state index is 13.9. The van der Waals surface area contributed by atoms with Crippen LogP contribution in [0.4, 0.5) is 13.6 Å². The summed E-state index contributed by atoms with van der Waals surface area (Å²) in [7, 11) is 0. The van der Waals surface area contributed by atoms with Crippen molar-refractivity contribution in [3.63, 3.8) is 0 Å². The predicted molar refractivity (Wildman–Crippen MR) is 79.9 cm³/mol. The van der Waals surface area contributed by atoms with Gasteiger partial charge in [-0.15, -0.1) is 0 Å². The molecule has 2 N–H and O–H groups in total. The first kappa shape index (κ1) is 16.2. The highest BCUT2D eigenvalue weighted by atomic mass is 19.1. The van der Waals surface area contributed by atoms with E-state index in [9.17, 15) is 23.5 Å². The highest BCUT2D eigenvalue weighted by Gasteiger charge is 2.34. The number of nitrogens with one attached hydrogen (secondary N) is 1. The van der Waals surface area contributed by atoms with Gasteiger partial charge in [0.2, 0.25) is 0 Å². The molecule has 0 saturated carbocycles. The number of likely N-dealkylation sites (tertiary alicyclic amines) is 1. The third-order valence-electron chi connectivity index (χ3n) is 4.41. The van der Waals surface area contributed by atoms with Gasteiger partial charge >= 0.3 is 6.09 Å². The molecule has 1 saturated heterocycles. The predicted octanol–water partition coefficient (Wildman–Crippen LogP) is 2.71. The number of piperidine rings is 1. The number of hydrogen-bond donors (Lipinski definition) is 2. The highest BCUT2D eigenvalue weighted by Crippen LogP contribution is 2.33. The van der Waals surface area contributed by atoms with Crippen LogP contribution < -0.4 is 5.56 Å². The molecule has 1 aromatic heterocycles. The topological polar surface area (TPSA) is 86.5 Å². The van der Waals surface area contributed by atoms with Gasteiger partial charge in [-0.1, -0.05) is 6.07 Å². The molecule has 128 valence electrons. The van der Waals surface area contributed by atoms with Gasteiger partial charge in [-0.2, -0.15) is 5.16 Å². The molecule has 0 unspecified atom stereocenters. The van der Waals surface area contributed by atoms with Crippen LogP contribution >= 0.6 is 0 Å². The number of carbonyl (C=O) groups is 1. The number of benzene rings is 1. The van der Waals surface area contributed by atoms with Gasteiger partial charge in [0.15, 0.2) is 0 Å². The zero-order valence-electron chi connectivity index (χ0n) is 12.7. The zero-order valence-corrected chi connectivity index (χ0v) is 12.7. The standard InChI is InChI=1S/C16H16F2N2O4/c17-12-2-1-3-13(18)11(12)7-10-6-9(4-5-20(10)16(22)23)14-8-15(21)19-24-14/h1-3,8-10H,4-7H2,(H,19,21)(H,22,23)/t9-,10+/m0/s1. The van der Waals surface area contributed by atoms with Crippen molar-refractivity contribution in [2.75, 3.05) is 6.54 Å². The Bertz CT molecular complexity index is 781. The lowest BCUT2D eigenvalue weighted by molar-refractivity contribution is 0.0961. The van der Waals surface area contributed by atoms with E-state index in [0.717, 1.165) is 12.1 Å². The number of aromatic nitrogens is 1. The van der Waals surface area contributed by atoms with Crippen molar-refractivity contribution in [1.29, 1.82) is 0 Å². The molecule has 6 nitrogen and oxygen atoms in total. The van der Waals surface area contributed by atoms with Crippen molar-refractivity contribution in [1.82, 2.24) is 10.1 Å². The van der Waals surface area contributed by atoms with E-state index in [-0.39, 0.29) is 30.0 Å². The molecule has 0 aliphatic carbocycles. The number of carboxylic acid groups (broad SMARTS) is 1. The molecule has 24 heavy (non-hydrogen) atoms. The zero-order chi connectivity index (χ0) is 17.3. The molecule has 1 aliphatic heterocycles. The summed E-state index contributed by atoms with van der Waals surface area (Å²) < 4.78 is 32.9. The van der Waals surface area contributed by atoms with E-state index >= 15 is 0 Å². The molecule has 2 atom stereocenters. The molecule has 1 aliphatic rings. The Kier molecular flexibility index (Phi) is 4.37. The quantitative estimate of drug-likeness (QED) is 0.901. The third kappa shape index (κ3) is 3.17. The fraction of sp³-hybridized carbons (Fsp3) is 0.375. The van der Waals surface area contributed by atoms with Crippen molar-refractivity contribution < 1.29 is 23.2 Å². The average Bonchev–Trinajstić information content (AvgIpc) is 2.97. The van der Waals surface area contributed by atoms with Gasteiger partial charge in [0, 0.05) is 30.1 Å². The summed E-state index contributed by atoms with van der Waals surface area (Å²) in [6.07, 6.45) is -0.411. The van der Waals surface area contributed by atoms with Crippen LogP contribution in [0.1, 0.15) is 30.1 Å². The van der Waals surface area contributed by atoms with E-state index < -0.39 is 23.8 Å². The second-order valence-corrected chi connectivity index (χ2v) is 5.87. The van der Waals surface area contributed by atoms with Gasteiger partial charge in [-0.25, -0.2) is 13.6 Å². The molecule has 0 spiro atoms. The van der Waals surface area contributed by atoms with Gasteiger partial charge in [0.25, 0.3) is 5.56 Å². The van der Waals surface area contributed by atoms with E-state index in [0.29, 0.717) is 18.6 Å². The van der Waals surface area contributed by atoms with Crippen molar-refractivity contribution >= 4 is 6.09 Å². The maximum atomic E-state index is 13.9. The molecule has 3 rings (SSSR count). The minimum atomic E-state index is -1.13. The summed E-state index contributed by atoms with van der Waals surface area (Å²) in [6.45, 7) is 0.204. The molecular weight excluding hydrogens is 322 g/mol. The summed E-state index contributed by atoms with van der Waals surface area (Å²) in [5, 5.41) is 11.5. The Morgan fingerprint density at radius 1 is 1.38 bits per heavy atom. The van der Waals surface area contributed by atoms with Crippen LogP contribution in [0, 0.1) is 11.6 Å². The summed E-state index contributed by atoms with van der Waals surface area (Å²) in [5.74, 6) is -1.14. The van der Waals surface area contributed by atoms with Crippen LogP contribution in [0.2, 0.25) is 0 Å². The van der Waals surface area contributed by atoms with Crippen molar-refractivity contribution in [2.24, 2.45) is 0 Å². The fourth-order valence-corrected chi connectivity index (χ4v) is 3.22. The van der Waals surface area contributed by atoms with Crippen LogP contribution in [0.5, 0.6) is 0 Å². The smallest absolute Gasteiger partial charge is 0.407 e. The van der Waals surface area contributed by atoms with Crippen molar-refractivity contribution in [3.8, 4) is 0 Å². The molecule has 1 aromatic carbocycles. The Labute approximate surface area is 135 Å². The molecule has 8 heteroatoms. The second-order valence-electron chi connectivity index (χ2n) is 5.87. The van der Waals surface area contributed by atoms with E-state index in [1.807, 2.05) is 0 Å². The van der Waals surface area contributed by atoms with Crippen LogP contribution in [-0.2, 0) is 6.42 Å². The van der Waals surface area contributed by atoms with Crippen LogP contribution in [0.3, 0.4) is 0 Å². The summed E-state index contributed by atoms with van der Waals surface area (Å²) in [6, 6.07) is 4.28. The molecular formula is C16H16F2N2O4. The van der Waals surface area contributed by atoms with Gasteiger partial charge < -0.3 is 14.5 Å². The number of halogens is 2. The Balaban J connectivity index is 1.85.